The molecule has 25 heavy (non-hydrogen) atoms. The van der Waals surface area contributed by atoms with E-state index in [0.29, 0.717) is 6.42 Å². The molecule has 2 N–H and O–H groups in total. The average Bonchev–Trinajstić information content (AvgIpc) is 2.88. The van der Waals surface area contributed by atoms with E-state index in [9.17, 15) is 19.1 Å². The van der Waals surface area contributed by atoms with Crippen molar-refractivity contribution in [3.8, 4) is 5.75 Å². The van der Waals surface area contributed by atoms with E-state index in [4.69, 9.17) is 0 Å². The summed E-state index contributed by atoms with van der Waals surface area (Å²) in [5, 5.41) is 11.9. The molecule has 2 aromatic carbocycles. The Kier molecular flexibility index (Phi) is 4.70. The van der Waals surface area contributed by atoms with E-state index in [0.717, 1.165) is 11.6 Å². The molecule has 130 valence electrons. The van der Waals surface area contributed by atoms with Crippen molar-refractivity contribution in [2.75, 3.05) is 13.6 Å². The highest BCUT2D eigenvalue weighted by atomic mass is 19.1. The van der Waals surface area contributed by atoms with Gasteiger partial charge >= 0.3 is 0 Å². The van der Waals surface area contributed by atoms with E-state index >= 15 is 0 Å². The second-order valence-electron chi connectivity index (χ2n) is 6.20. The standard InChI is InChI=1S/C19H19FN2O3/c1-22-17(24)9-13(18(22)12-5-3-2-4-6-12)11-21-19(25)15-8-7-14(23)10-16(15)20/h2-8,10,13,18,23H,9,11H2,1H3,(H,21,25)/t13-,18+/m0/s1. The summed E-state index contributed by atoms with van der Waals surface area (Å²) in [5.74, 6) is -1.66. The van der Waals surface area contributed by atoms with Crippen LogP contribution in [0.15, 0.2) is 48.5 Å². The SMILES string of the molecule is CN1C(=O)C[C@@H](CNC(=O)c2ccc(O)cc2F)[C@H]1c1ccccc1. The number of nitrogens with zero attached hydrogens (tertiary/aromatic N) is 1. The van der Waals surface area contributed by atoms with Crippen LogP contribution in [-0.4, -0.2) is 35.4 Å². The first-order valence-electron chi connectivity index (χ1n) is 8.04. The van der Waals surface area contributed by atoms with Crippen LogP contribution < -0.4 is 5.32 Å². The topological polar surface area (TPSA) is 69.6 Å². The van der Waals surface area contributed by atoms with E-state index < -0.39 is 11.7 Å². The van der Waals surface area contributed by atoms with Gasteiger partial charge < -0.3 is 15.3 Å². The van der Waals surface area contributed by atoms with Gasteiger partial charge in [-0.25, -0.2) is 4.39 Å². The molecule has 1 saturated heterocycles. The minimum Gasteiger partial charge on any atom is -0.508 e. The second kappa shape index (κ2) is 6.93. The second-order valence-corrected chi connectivity index (χ2v) is 6.20. The summed E-state index contributed by atoms with van der Waals surface area (Å²) in [6.45, 7) is 0.259. The van der Waals surface area contributed by atoms with Crippen molar-refractivity contribution in [3.05, 3.63) is 65.5 Å². The first-order valence-corrected chi connectivity index (χ1v) is 8.04. The van der Waals surface area contributed by atoms with Crippen molar-refractivity contribution in [3.63, 3.8) is 0 Å². The highest BCUT2D eigenvalue weighted by Crippen LogP contribution is 2.36. The molecule has 0 spiro atoms. The van der Waals surface area contributed by atoms with Gasteiger partial charge in [-0.3, -0.25) is 9.59 Å². The molecule has 6 heteroatoms. The Morgan fingerprint density at radius 1 is 1.28 bits per heavy atom. The van der Waals surface area contributed by atoms with E-state index in [1.54, 1.807) is 11.9 Å². The van der Waals surface area contributed by atoms with Gasteiger partial charge in [0.1, 0.15) is 11.6 Å². The summed E-state index contributed by atoms with van der Waals surface area (Å²) >= 11 is 0. The van der Waals surface area contributed by atoms with Gasteiger partial charge in [-0.05, 0) is 17.7 Å². The number of hydrogen-bond donors (Lipinski definition) is 2. The van der Waals surface area contributed by atoms with Crippen LogP contribution in [0.5, 0.6) is 5.75 Å². The third-order valence-electron chi connectivity index (χ3n) is 4.56. The molecule has 5 nitrogen and oxygen atoms in total. The number of aromatic hydroxyl groups is 1. The summed E-state index contributed by atoms with van der Waals surface area (Å²) in [6, 6.07) is 12.9. The van der Waals surface area contributed by atoms with Crippen molar-refractivity contribution in [1.82, 2.24) is 10.2 Å². The average molecular weight is 342 g/mol. The molecule has 1 fully saturated rings. The number of likely N-dealkylation sites (tertiary alicyclic amines) is 1. The van der Waals surface area contributed by atoms with E-state index in [1.165, 1.54) is 12.1 Å². The van der Waals surface area contributed by atoms with Crippen molar-refractivity contribution in [2.24, 2.45) is 5.92 Å². The van der Waals surface area contributed by atoms with Crippen LogP contribution in [0, 0.1) is 11.7 Å². The van der Waals surface area contributed by atoms with Crippen LogP contribution >= 0.6 is 0 Å². The van der Waals surface area contributed by atoms with E-state index in [-0.39, 0.29) is 35.7 Å². The summed E-state index contributed by atoms with van der Waals surface area (Å²) in [4.78, 5) is 26.0. The van der Waals surface area contributed by atoms with Gasteiger partial charge in [0, 0.05) is 32.0 Å². The fourth-order valence-corrected chi connectivity index (χ4v) is 3.29. The predicted octanol–water partition coefficient (Wildman–Crippen LogP) is 2.48. The number of phenols is 1. The molecule has 1 heterocycles. The van der Waals surface area contributed by atoms with E-state index in [2.05, 4.69) is 5.32 Å². The molecule has 3 rings (SSSR count). The maximum absolute atomic E-state index is 13.8. The molecule has 2 atom stereocenters. The van der Waals surface area contributed by atoms with Crippen LogP contribution in [0.25, 0.3) is 0 Å². The number of phenolic OH excluding ortho intramolecular Hbond substituents is 1. The summed E-state index contributed by atoms with van der Waals surface area (Å²) < 4.78 is 13.8. The summed E-state index contributed by atoms with van der Waals surface area (Å²) in [7, 11) is 1.75. The predicted molar refractivity (Wildman–Crippen MR) is 90.5 cm³/mol. The lowest BCUT2D eigenvalue weighted by Crippen LogP contribution is -2.33. The van der Waals surface area contributed by atoms with Crippen molar-refractivity contribution < 1.29 is 19.1 Å². The van der Waals surface area contributed by atoms with Crippen LogP contribution in [-0.2, 0) is 4.79 Å². The minimum absolute atomic E-state index is 0.0175. The zero-order valence-corrected chi connectivity index (χ0v) is 13.8. The molecule has 2 amide bonds. The molecule has 1 aliphatic heterocycles. The van der Waals surface area contributed by atoms with Gasteiger partial charge in [-0.15, -0.1) is 0 Å². The zero-order chi connectivity index (χ0) is 18.0. The Morgan fingerprint density at radius 2 is 2.00 bits per heavy atom. The van der Waals surface area contributed by atoms with Gasteiger partial charge in [0.05, 0.1) is 11.6 Å². The van der Waals surface area contributed by atoms with Crippen LogP contribution in [0.3, 0.4) is 0 Å². The Balaban J connectivity index is 1.73. The fraction of sp³-hybridized carbons (Fsp3) is 0.263. The Labute approximate surface area is 145 Å². The highest BCUT2D eigenvalue weighted by Gasteiger charge is 2.38. The number of carbonyl (C=O) groups is 2. The van der Waals surface area contributed by atoms with Gasteiger partial charge in [0.15, 0.2) is 0 Å². The summed E-state index contributed by atoms with van der Waals surface area (Å²) in [6.07, 6.45) is 0.328. The number of benzene rings is 2. The molecule has 0 aromatic heterocycles. The van der Waals surface area contributed by atoms with Crippen LogP contribution in [0.2, 0.25) is 0 Å². The maximum atomic E-state index is 13.8. The monoisotopic (exact) mass is 342 g/mol. The highest BCUT2D eigenvalue weighted by molar-refractivity contribution is 5.94. The first kappa shape index (κ1) is 17.0. The molecular formula is C19H19FN2O3. The summed E-state index contributed by atoms with van der Waals surface area (Å²) in [5.41, 5.74) is 0.873. The molecule has 0 bridgehead atoms. The van der Waals surface area contributed by atoms with Crippen LogP contribution in [0.1, 0.15) is 28.4 Å². The maximum Gasteiger partial charge on any atom is 0.254 e. The zero-order valence-electron chi connectivity index (χ0n) is 13.8. The smallest absolute Gasteiger partial charge is 0.254 e. The molecule has 0 aliphatic carbocycles. The number of carbonyl (C=O) groups excluding carboxylic acids is 2. The third kappa shape index (κ3) is 3.47. The Morgan fingerprint density at radius 3 is 2.68 bits per heavy atom. The van der Waals surface area contributed by atoms with Gasteiger partial charge in [0.2, 0.25) is 5.91 Å². The Bertz CT molecular complexity index is 795. The lowest BCUT2D eigenvalue weighted by Gasteiger charge is -2.25. The van der Waals surface area contributed by atoms with Gasteiger partial charge in [-0.2, -0.15) is 0 Å². The number of nitrogens with one attached hydrogen (secondary N) is 1. The van der Waals surface area contributed by atoms with Crippen molar-refractivity contribution >= 4 is 11.8 Å². The van der Waals surface area contributed by atoms with Crippen molar-refractivity contribution in [2.45, 2.75) is 12.5 Å². The lowest BCUT2D eigenvalue weighted by molar-refractivity contribution is -0.127. The largest absolute Gasteiger partial charge is 0.508 e. The van der Waals surface area contributed by atoms with E-state index in [1.807, 2.05) is 30.3 Å². The number of halogens is 1. The molecule has 2 aromatic rings. The molecule has 0 unspecified atom stereocenters. The van der Waals surface area contributed by atoms with Crippen molar-refractivity contribution in [1.29, 1.82) is 0 Å². The number of hydrogen-bond acceptors (Lipinski definition) is 3. The third-order valence-corrected chi connectivity index (χ3v) is 4.56. The first-order chi connectivity index (χ1) is 12.0. The fourth-order valence-electron chi connectivity index (χ4n) is 3.29. The Hall–Kier alpha value is -2.89. The molecular weight excluding hydrogens is 323 g/mol. The quantitative estimate of drug-likeness (QED) is 0.897. The molecule has 1 aliphatic rings. The molecule has 0 radical (unpaired) electrons. The van der Waals surface area contributed by atoms with Gasteiger partial charge in [0.25, 0.3) is 5.91 Å². The number of amides is 2. The van der Waals surface area contributed by atoms with Crippen LogP contribution in [0.4, 0.5) is 4.39 Å². The number of rotatable bonds is 4. The lowest BCUT2D eigenvalue weighted by atomic mass is 9.93. The van der Waals surface area contributed by atoms with Gasteiger partial charge in [-0.1, -0.05) is 30.3 Å². The minimum atomic E-state index is -0.781. The molecule has 0 saturated carbocycles. The normalized spacial score (nSPS) is 19.9.